The largest absolute Gasteiger partial charge is 0.368 e. The van der Waals surface area contributed by atoms with Gasteiger partial charge in [-0.2, -0.15) is 0 Å². The lowest BCUT2D eigenvalue weighted by Gasteiger charge is -2.16. The minimum absolute atomic E-state index is 0.0237. The molecular formula is C15H13Cl2IO. The molecule has 19 heavy (non-hydrogen) atoms. The molecule has 1 atom stereocenters. The highest BCUT2D eigenvalue weighted by atomic mass is 127. The lowest BCUT2D eigenvalue weighted by Crippen LogP contribution is -2.06. The number of rotatable bonds is 5. The summed E-state index contributed by atoms with van der Waals surface area (Å²) in [5.74, 6) is 0. The SMILES string of the molecule is Clc1cccc(C(CI)OCc2ccccc2Cl)c1. The number of alkyl halides is 1. The van der Waals surface area contributed by atoms with Gasteiger partial charge in [0, 0.05) is 14.5 Å². The van der Waals surface area contributed by atoms with E-state index in [0.717, 1.165) is 25.6 Å². The van der Waals surface area contributed by atoms with Crippen LogP contribution in [-0.4, -0.2) is 4.43 Å². The van der Waals surface area contributed by atoms with Gasteiger partial charge in [0.15, 0.2) is 0 Å². The minimum Gasteiger partial charge on any atom is -0.368 e. The number of halogens is 3. The fourth-order valence-corrected chi connectivity index (χ4v) is 2.89. The predicted molar refractivity (Wildman–Crippen MR) is 89.3 cm³/mol. The lowest BCUT2D eigenvalue weighted by atomic mass is 10.1. The molecule has 2 aromatic carbocycles. The van der Waals surface area contributed by atoms with Crippen LogP contribution in [0.4, 0.5) is 0 Å². The van der Waals surface area contributed by atoms with Gasteiger partial charge in [-0.15, -0.1) is 0 Å². The van der Waals surface area contributed by atoms with Crippen molar-refractivity contribution in [2.75, 3.05) is 4.43 Å². The van der Waals surface area contributed by atoms with Crippen LogP contribution >= 0.6 is 45.8 Å². The maximum atomic E-state index is 6.12. The first-order chi connectivity index (χ1) is 9.20. The van der Waals surface area contributed by atoms with Crippen molar-refractivity contribution < 1.29 is 4.74 Å². The maximum absolute atomic E-state index is 6.12. The number of ether oxygens (including phenoxy) is 1. The second kappa shape index (κ2) is 7.48. The Morgan fingerprint density at radius 2 is 1.84 bits per heavy atom. The molecule has 0 aliphatic heterocycles. The number of benzene rings is 2. The zero-order valence-electron chi connectivity index (χ0n) is 10.2. The van der Waals surface area contributed by atoms with Crippen LogP contribution in [-0.2, 0) is 11.3 Å². The highest BCUT2D eigenvalue weighted by Crippen LogP contribution is 2.25. The van der Waals surface area contributed by atoms with Gasteiger partial charge < -0.3 is 4.74 Å². The van der Waals surface area contributed by atoms with E-state index in [1.165, 1.54) is 0 Å². The van der Waals surface area contributed by atoms with Crippen molar-refractivity contribution in [1.29, 1.82) is 0 Å². The zero-order chi connectivity index (χ0) is 13.7. The first-order valence-electron chi connectivity index (χ1n) is 5.87. The van der Waals surface area contributed by atoms with Crippen LogP contribution in [0.15, 0.2) is 48.5 Å². The zero-order valence-corrected chi connectivity index (χ0v) is 13.8. The molecule has 0 spiro atoms. The van der Waals surface area contributed by atoms with Crippen LogP contribution in [0.3, 0.4) is 0 Å². The van der Waals surface area contributed by atoms with E-state index < -0.39 is 0 Å². The first-order valence-corrected chi connectivity index (χ1v) is 8.15. The molecule has 1 unspecified atom stereocenters. The van der Waals surface area contributed by atoms with E-state index in [2.05, 4.69) is 22.6 Å². The van der Waals surface area contributed by atoms with Gasteiger partial charge in [0.2, 0.25) is 0 Å². The molecule has 0 radical (unpaired) electrons. The molecule has 4 heteroatoms. The van der Waals surface area contributed by atoms with Gasteiger partial charge in [0.1, 0.15) is 0 Å². The Kier molecular flexibility index (Phi) is 5.95. The average molecular weight is 407 g/mol. The highest BCUT2D eigenvalue weighted by Gasteiger charge is 2.12. The Balaban J connectivity index is 2.06. The van der Waals surface area contributed by atoms with Crippen LogP contribution < -0.4 is 0 Å². The topological polar surface area (TPSA) is 9.23 Å². The van der Waals surface area contributed by atoms with E-state index in [4.69, 9.17) is 27.9 Å². The molecule has 0 bridgehead atoms. The first kappa shape index (κ1) is 15.1. The van der Waals surface area contributed by atoms with Crippen molar-refractivity contribution in [1.82, 2.24) is 0 Å². The monoisotopic (exact) mass is 406 g/mol. The summed E-state index contributed by atoms with van der Waals surface area (Å²) in [5.41, 5.74) is 2.09. The fraction of sp³-hybridized carbons (Fsp3) is 0.200. The molecule has 0 aliphatic carbocycles. The quantitative estimate of drug-likeness (QED) is 0.458. The summed E-state index contributed by atoms with van der Waals surface area (Å²) < 4.78 is 6.81. The molecular weight excluding hydrogens is 394 g/mol. The van der Waals surface area contributed by atoms with Gasteiger partial charge in [-0.05, 0) is 29.3 Å². The summed E-state index contributed by atoms with van der Waals surface area (Å²) >= 11 is 14.4. The van der Waals surface area contributed by atoms with Gasteiger partial charge in [0.25, 0.3) is 0 Å². The summed E-state index contributed by atoms with van der Waals surface area (Å²) in [4.78, 5) is 0. The van der Waals surface area contributed by atoms with E-state index in [1.54, 1.807) is 0 Å². The second-order valence-electron chi connectivity index (χ2n) is 4.10. The highest BCUT2D eigenvalue weighted by molar-refractivity contribution is 14.1. The van der Waals surface area contributed by atoms with Crippen LogP contribution in [0, 0.1) is 0 Å². The molecule has 0 saturated carbocycles. The molecule has 2 rings (SSSR count). The van der Waals surface area contributed by atoms with Gasteiger partial charge >= 0.3 is 0 Å². The van der Waals surface area contributed by atoms with Crippen molar-refractivity contribution in [3.05, 3.63) is 69.7 Å². The van der Waals surface area contributed by atoms with E-state index in [1.807, 2.05) is 48.5 Å². The molecule has 0 aliphatic rings. The second-order valence-corrected chi connectivity index (χ2v) is 5.82. The lowest BCUT2D eigenvalue weighted by molar-refractivity contribution is 0.0578. The third kappa shape index (κ3) is 4.35. The summed E-state index contributed by atoms with van der Waals surface area (Å²) in [6.45, 7) is 0.500. The minimum atomic E-state index is 0.0237. The Morgan fingerprint density at radius 1 is 1.05 bits per heavy atom. The van der Waals surface area contributed by atoms with E-state index >= 15 is 0 Å². The molecule has 0 aromatic heterocycles. The molecule has 0 fully saturated rings. The Labute approximate surface area is 137 Å². The van der Waals surface area contributed by atoms with Crippen LogP contribution in [0.25, 0.3) is 0 Å². The van der Waals surface area contributed by atoms with E-state index in [-0.39, 0.29) is 6.10 Å². The van der Waals surface area contributed by atoms with Crippen molar-refractivity contribution in [2.24, 2.45) is 0 Å². The van der Waals surface area contributed by atoms with Gasteiger partial charge in [0.05, 0.1) is 12.7 Å². The van der Waals surface area contributed by atoms with Gasteiger partial charge in [-0.3, -0.25) is 0 Å². The van der Waals surface area contributed by atoms with E-state index in [9.17, 15) is 0 Å². The third-order valence-electron chi connectivity index (χ3n) is 2.76. The van der Waals surface area contributed by atoms with Crippen LogP contribution in [0.5, 0.6) is 0 Å². The van der Waals surface area contributed by atoms with Gasteiger partial charge in [-0.25, -0.2) is 0 Å². The van der Waals surface area contributed by atoms with Gasteiger partial charge in [-0.1, -0.05) is 76.1 Å². The smallest absolute Gasteiger partial charge is 0.0919 e. The third-order valence-corrected chi connectivity index (χ3v) is 4.16. The molecule has 0 amide bonds. The standard InChI is InChI=1S/C15H13Cl2IO/c16-13-6-3-5-11(8-13)15(9-18)19-10-12-4-1-2-7-14(12)17/h1-8,15H,9-10H2. The predicted octanol–water partition coefficient (Wildman–Crippen LogP) is 5.69. The number of hydrogen-bond acceptors (Lipinski definition) is 1. The molecule has 0 heterocycles. The fourth-order valence-electron chi connectivity index (χ4n) is 1.74. The summed E-state index contributed by atoms with van der Waals surface area (Å²) in [7, 11) is 0. The number of hydrogen-bond donors (Lipinski definition) is 0. The Morgan fingerprint density at radius 3 is 2.53 bits per heavy atom. The molecule has 0 saturated heterocycles. The van der Waals surface area contributed by atoms with Crippen molar-refractivity contribution >= 4 is 45.8 Å². The van der Waals surface area contributed by atoms with Crippen molar-refractivity contribution in [3.63, 3.8) is 0 Å². The van der Waals surface area contributed by atoms with Crippen molar-refractivity contribution in [3.8, 4) is 0 Å². The summed E-state index contributed by atoms with van der Waals surface area (Å²) in [6, 6.07) is 15.5. The Hall–Kier alpha value is -0.290. The van der Waals surface area contributed by atoms with Crippen molar-refractivity contribution in [2.45, 2.75) is 12.7 Å². The summed E-state index contributed by atoms with van der Waals surface area (Å²) in [6.07, 6.45) is 0.0237. The average Bonchev–Trinajstić information content (AvgIpc) is 2.41. The molecule has 100 valence electrons. The molecule has 0 N–H and O–H groups in total. The van der Waals surface area contributed by atoms with Crippen LogP contribution in [0.2, 0.25) is 10.0 Å². The summed E-state index contributed by atoms with van der Waals surface area (Å²) in [5, 5.41) is 1.47. The Bertz CT molecular complexity index is 545. The molecule has 1 nitrogen and oxygen atoms in total. The van der Waals surface area contributed by atoms with E-state index in [0.29, 0.717) is 6.61 Å². The van der Waals surface area contributed by atoms with Crippen LogP contribution in [0.1, 0.15) is 17.2 Å². The normalized spacial score (nSPS) is 12.4. The molecule has 2 aromatic rings. The maximum Gasteiger partial charge on any atom is 0.0919 e.